The summed E-state index contributed by atoms with van der Waals surface area (Å²) in [5.74, 6) is -1.02. The number of benzene rings is 1. The topological polar surface area (TPSA) is 89.6 Å². The van der Waals surface area contributed by atoms with E-state index in [1.54, 1.807) is 12.1 Å². The lowest BCUT2D eigenvalue weighted by atomic mass is 10.1. The molecule has 0 spiro atoms. The Hall–Kier alpha value is -2.14. The summed E-state index contributed by atoms with van der Waals surface area (Å²) >= 11 is 0. The Morgan fingerprint density at radius 3 is 2.28 bits per heavy atom. The molecule has 0 saturated heterocycles. The van der Waals surface area contributed by atoms with Crippen molar-refractivity contribution in [2.75, 3.05) is 6.54 Å². The first kappa shape index (κ1) is 15.9. The molecule has 18 heavy (non-hydrogen) atoms. The van der Waals surface area contributed by atoms with E-state index < -0.39 is 11.9 Å². The Bertz CT molecular complexity index is 398. The summed E-state index contributed by atoms with van der Waals surface area (Å²) < 4.78 is 4.00. The molecule has 0 aliphatic carbocycles. The van der Waals surface area contributed by atoms with Gasteiger partial charge < -0.3 is 15.6 Å². The highest BCUT2D eigenvalue weighted by molar-refractivity contribution is 5.90. The highest BCUT2D eigenvalue weighted by Crippen LogP contribution is 2.09. The molecule has 1 rings (SSSR count). The smallest absolute Gasteiger partial charge is 0.337 e. The molecule has 3 N–H and O–H groups in total. The SMILES string of the molecule is C=CC(=O)OC(C)=O.NCCc1ccc(O)cc1. The molecule has 0 radical (unpaired) electrons. The number of carbonyl (C=O) groups is 2. The molecule has 0 fully saturated rings. The van der Waals surface area contributed by atoms with Gasteiger partial charge >= 0.3 is 11.9 Å². The number of phenols is 1. The highest BCUT2D eigenvalue weighted by Gasteiger charge is 1.96. The number of carbonyl (C=O) groups excluding carboxylic acids is 2. The summed E-state index contributed by atoms with van der Waals surface area (Å²) in [7, 11) is 0. The van der Waals surface area contributed by atoms with Gasteiger partial charge in [0, 0.05) is 13.0 Å². The van der Waals surface area contributed by atoms with Crippen LogP contribution in [0.15, 0.2) is 36.9 Å². The predicted molar refractivity (Wildman–Crippen MR) is 67.8 cm³/mol. The van der Waals surface area contributed by atoms with Gasteiger partial charge in [0.25, 0.3) is 0 Å². The number of nitrogens with two attached hydrogens (primary N) is 1. The van der Waals surface area contributed by atoms with Gasteiger partial charge in [0.15, 0.2) is 0 Å². The molecule has 1 aromatic rings. The van der Waals surface area contributed by atoms with E-state index in [9.17, 15) is 9.59 Å². The normalized spacial score (nSPS) is 8.78. The molecule has 0 unspecified atom stereocenters. The maximum atomic E-state index is 10.1. The van der Waals surface area contributed by atoms with Crippen LogP contribution in [0.2, 0.25) is 0 Å². The molecular formula is C13H17NO4. The Labute approximate surface area is 106 Å². The number of rotatable bonds is 3. The van der Waals surface area contributed by atoms with E-state index in [1.807, 2.05) is 12.1 Å². The van der Waals surface area contributed by atoms with Crippen LogP contribution in [0.1, 0.15) is 12.5 Å². The Morgan fingerprint density at radius 2 is 1.94 bits per heavy atom. The summed E-state index contributed by atoms with van der Waals surface area (Å²) in [5.41, 5.74) is 6.50. The largest absolute Gasteiger partial charge is 0.508 e. The number of aromatic hydroxyl groups is 1. The number of phenolic OH excluding ortho intramolecular Hbond substituents is 1. The monoisotopic (exact) mass is 251 g/mol. The molecule has 0 aliphatic heterocycles. The number of esters is 2. The van der Waals surface area contributed by atoms with Crippen LogP contribution in [-0.4, -0.2) is 23.6 Å². The lowest BCUT2D eigenvalue weighted by Crippen LogP contribution is -2.04. The number of hydrogen-bond acceptors (Lipinski definition) is 5. The summed E-state index contributed by atoms with van der Waals surface area (Å²) in [4.78, 5) is 20.0. The van der Waals surface area contributed by atoms with Crippen molar-refractivity contribution in [1.29, 1.82) is 0 Å². The zero-order valence-electron chi connectivity index (χ0n) is 10.3. The van der Waals surface area contributed by atoms with Crippen molar-refractivity contribution in [3.8, 4) is 5.75 Å². The summed E-state index contributed by atoms with van der Waals surface area (Å²) in [6, 6.07) is 7.10. The lowest BCUT2D eigenvalue weighted by molar-refractivity contribution is -0.154. The van der Waals surface area contributed by atoms with E-state index in [2.05, 4.69) is 11.3 Å². The average molecular weight is 251 g/mol. The van der Waals surface area contributed by atoms with Crippen molar-refractivity contribution in [2.24, 2.45) is 5.73 Å². The molecule has 1 aromatic carbocycles. The Morgan fingerprint density at radius 1 is 1.39 bits per heavy atom. The van der Waals surface area contributed by atoms with Gasteiger partial charge in [-0.2, -0.15) is 0 Å². The quantitative estimate of drug-likeness (QED) is 0.478. The Balaban J connectivity index is 0.000000331. The molecule has 0 atom stereocenters. The molecule has 0 aliphatic rings. The van der Waals surface area contributed by atoms with Gasteiger partial charge in [-0.25, -0.2) is 4.79 Å². The second-order valence-electron chi connectivity index (χ2n) is 3.32. The lowest BCUT2D eigenvalue weighted by Gasteiger charge is -1.96. The van der Waals surface area contributed by atoms with Crippen LogP contribution in [0.3, 0.4) is 0 Å². The summed E-state index contributed by atoms with van der Waals surface area (Å²) in [5, 5.41) is 8.89. The van der Waals surface area contributed by atoms with Gasteiger partial charge in [0.2, 0.25) is 0 Å². The third-order valence-electron chi connectivity index (χ3n) is 1.78. The second kappa shape index (κ2) is 8.95. The fourth-order valence-electron chi connectivity index (χ4n) is 1.01. The molecular weight excluding hydrogens is 234 g/mol. The maximum absolute atomic E-state index is 10.1. The molecule has 0 amide bonds. The molecule has 5 heteroatoms. The molecule has 0 saturated carbocycles. The van der Waals surface area contributed by atoms with E-state index in [-0.39, 0.29) is 0 Å². The van der Waals surface area contributed by atoms with Crippen molar-refractivity contribution in [3.05, 3.63) is 42.5 Å². The van der Waals surface area contributed by atoms with Crippen LogP contribution in [-0.2, 0) is 20.7 Å². The minimum Gasteiger partial charge on any atom is -0.508 e. The summed E-state index contributed by atoms with van der Waals surface area (Å²) in [6.45, 7) is 4.90. The Kier molecular flexibility index (Phi) is 7.89. The second-order valence-corrected chi connectivity index (χ2v) is 3.32. The fraction of sp³-hybridized carbons (Fsp3) is 0.231. The van der Waals surface area contributed by atoms with Crippen LogP contribution >= 0.6 is 0 Å². The molecule has 0 aromatic heterocycles. The van der Waals surface area contributed by atoms with Crippen LogP contribution < -0.4 is 5.73 Å². The zero-order chi connectivity index (χ0) is 14.0. The highest BCUT2D eigenvalue weighted by atomic mass is 16.6. The predicted octanol–water partition coefficient (Wildman–Crippen LogP) is 1.16. The van der Waals surface area contributed by atoms with Crippen molar-refractivity contribution < 1.29 is 19.4 Å². The standard InChI is InChI=1S/C8H11NO.C5H6O3/c9-6-5-7-1-3-8(10)4-2-7;1-3-5(7)8-4(2)6/h1-4,10H,5-6,9H2;3H,1H2,2H3. The molecule has 5 nitrogen and oxygen atoms in total. The van der Waals surface area contributed by atoms with Gasteiger partial charge in [0.1, 0.15) is 5.75 Å². The first-order valence-corrected chi connectivity index (χ1v) is 5.32. The average Bonchev–Trinajstić information content (AvgIpc) is 2.32. The van der Waals surface area contributed by atoms with Crippen molar-refractivity contribution in [1.82, 2.24) is 0 Å². The van der Waals surface area contributed by atoms with Crippen LogP contribution in [0, 0.1) is 0 Å². The van der Waals surface area contributed by atoms with Gasteiger partial charge in [-0.15, -0.1) is 0 Å². The third-order valence-corrected chi connectivity index (χ3v) is 1.78. The van der Waals surface area contributed by atoms with Gasteiger partial charge in [0.05, 0.1) is 0 Å². The van der Waals surface area contributed by atoms with Crippen molar-refractivity contribution >= 4 is 11.9 Å². The van der Waals surface area contributed by atoms with E-state index in [1.165, 1.54) is 5.56 Å². The van der Waals surface area contributed by atoms with E-state index >= 15 is 0 Å². The zero-order valence-corrected chi connectivity index (χ0v) is 10.3. The maximum Gasteiger partial charge on any atom is 0.337 e. The fourth-order valence-corrected chi connectivity index (χ4v) is 1.01. The summed E-state index contributed by atoms with van der Waals surface area (Å²) in [6.07, 6.45) is 1.81. The van der Waals surface area contributed by atoms with Crippen LogP contribution in [0.5, 0.6) is 5.75 Å². The molecule has 98 valence electrons. The first-order valence-electron chi connectivity index (χ1n) is 5.32. The molecule has 0 heterocycles. The van der Waals surface area contributed by atoms with Crippen molar-refractivity contribution in [2.45, 2.75) is 13.3 Å². The number of ether oxygens (including phenoxy) is 1. The minimum absolute atomic E-state index is 0.306. The van der Waals surface area contributed by atoms with E-state index in [4.69, 9.17) is 10.8 Å². The van der Waals surface area contributed by atoms with Gasteiger partial charge in [-0.1, -0.05) is 18.7 Å². The van der Waals surface area contributed by atoms with E-state index in [0.717, 1.165) is 19.4 Å². The van der Waals surface area contributed by atoms with Gasteiger partial charge in [-0.3, -0.25) is 4.79 Å². The minimum atomic E-state index is -0.711. The third kappa shape index (κ3) is 8.06. The van der Waals surface area contributed by atoms with Crippen molar-refractivity contribution in [3.63, 3.8) is 0 Å². The molecule has 0 bridgehead atoms. The van der Waals surface area contributed by atoms with Crippen LogP contribution in [0.25, 0.3) is 0 Å². The van der Waals surface area contributed by atoms with Crippen LogP contribution in [0.4, 0.5) is 0 Å². The first-order chi connectivity index (χ1) is 8.49. The van der Waals surface area contributed by atoms with E-state index in [0.29, 0.717) is 12.3 Å². The van der Waals surface area contributed by atoms with Gasteiger partial charge in [-0.05, 0) is 30.7 Å². The number of hydrogen-bond donors (Lipinski definition) is 2.